The normalized spacial score (nSPS) is 9.86. The molecule has 2 rings (SSSR count). The molecule has 21 heavy (non-hydrogen) atoms. The monoisotopic (exact) mass is 282 g/mol. The lowest BCUT2D eigenvalue weighted by Crippen LogP contribution is -2.28. The van der Waals surface area contributed by atoms with Gasteiger partial charge in [0.2, 0.25) is 0 Å². The van der Waals surface area contributed by atoms with E-state index in [0.717, 1.165) is 11.1 Å². The summed E-state index contributed by atoms with van der Waals surface area (Å²) in [6.07, 6.45) is 1.61. The molecule has 0 spiro atoms. The summed E-state index contributed by atoms with van der Waals surface area (Å²) in [7, 11) is 3.52. The fraction of sp³-hybridized carbons (Fsp3) is 0.250. The average Bonchev–Trinajstić information content (AvgIpc) is 2.91. The van der Waals surface area contributed by atoms with Gasteiger partial charge in [-0.3, -0.25) is 9.48 Å². The second-order valence-electron chi connectivity index (χ2n) is 4.66. The summed E-state index contributed by atoms with van der Waals surface area (Å²) in [5.74, 6) is 5.80. The molecule has 2 aromatic rings. The van der Waals surface area contributed by atoms with Gasteiger partial charge >= 0.3 is 0 Å². The van der Waals surface area contributed by atoms with Crippen molar-refractivity contribution in [3.05, 3.63) is 53.3 Å². The molecule has 0 aliphatic rings. The van der Waals surface area contributed by atoms with Crippen LogP contribution in [0.25, 0.3) is 0 Å². The predicted molar refractivity (Wildman–Crippen MR) is 81.4 cm³/mol. The van der Waals surface area contributed by atoms with E-state index in [1.165, 1.54) is 0 Å². The molecule has 0 aliphatic heterocycles. The number of hydrogen-bond donors (Lipinski definition) is 1. The standard InChI is InChI=1S/C16H18N4O/c1-19(16(21)15-9-11-18-20(15)2)12-14-7-4-3-6-13(14)8-5-10-17/h3-4,6-7,9,11H,10,12,17H2,1-2H3. The minimum atomic E-state index is -0.0726. The average molecular weight is 282 g/mol. The Morgan fingerprint density at radius 2 is 2.14 bits per heavy atom. The van der Waals surface area contributed by atoms with Gasteiger partial charge in [0.05, 0.1) is 6.54 Å². The lowest BCUT2D eigenvalue weighted by molar-refractivity contribution is 0.0774. The molecule has 2 N–H and O–H groups in total. The number of carbonyl (C=O) groups is 1. The molecule has 0 saturated carbocycles. The van der Waals surface area contributed by atoms with Crippen molar-refractivity contribution in [2.24, 2.45) is 12.8 Å². The van der Waals surface area contributed by atoms with Gasteiger partial charge in [0.25, 0.3) is 5.91 Å². The number of hydrogen-bond acceptors (Lipinski definition) is 3. The molecule has 0 unspecified atom stereocenters. The van der Waals surface area contributed by atoms with Gasteiger partial charge in [-0.2, -0.15) is 5.10 Å². The first-order valence-electron chi connectivity index (χ1n) is 6.63. The third-order valence-electron chi connectivity index (χ3n) is 3.14. The van der Waals surface area contributed by atoms with Gasteiger partial charge in [-0.25, -0.2) is 0 Å². The highest BCUT2D eigenvalue weighted by Gasteiger charge is 2.16. The van der Waals surface area contributed by atoms with E-state index in [9.17, 15) is 4.79 Å². The van der Waals surface area contributed by atoms with Crippen molar-refractivity contribution in [1.82, 2.24) is 14.7 Å². The van der Waals surface area contributed by atoms with E-state index < -0.39 is 0 Å². The maximum atomic E-state index is 12.4. The van der Waals surface area contributed by atoms with E-state index in [1.807, 2.05) is 24.3 Å². The molecule has 0 bridgehead atoms. The van der Waals surface area contributed by atoms with E-state index in [4.69, 9.17) is 5.73 Å². The lowest BCUT2D eigenvalue weighted by atomic mass is 10.1. The molecule has 0 fully saturated rings. The molecular formula is C16H18N4O. The van der Waals surface area contributed by atoms with Crippen LogP contribution < -0.4 is 5.73 Å². The number of aryl methyl sites for hydroxylation is 1. The molecule has 0 aliphatic carbocycles. The van der Waals surface area contributed by atoms with Crippen molar-refractivity contribution < 1.29 is 4.79 Å². The Balaban J connectivity index is 2.18. The van der Waals surface area contributed by atoms with Gasteiger partial charge < -0.3 is 10.6 Å². The van der Waals surface area contributed by atoms with Crippen molar-refractivity contribution in [3.8, 4) is 11.8 Å². The van der Waals surface area contributed by atoms with Crippen LogP contribution in [0.3, 0.4) is 0 Å². The van der Waals surface area contributed by atoms with Crippen LogP contribution in [-0.4, -0.2) is 34.2 Å². The zero-order valence-electron chi connectivity index (χ0n) is 12.2. The Morgan fingerprint density at radius 3 is 2.81 bits per heavy atom. The van der Waals surface area contributed by atoms with E-state index in [0.29, 0.717) is 18.8 Å². The van der Waals surface area contributed by atoms with Crippen molar-refractivity contribution in [3.63, 3.8) is 0 Å². The van der Waals surface area contributed by atoms with Gasteiger partial charge in [-0.15, -0.1) is 0 Å². The second kappa shape index (κ2) is 6.73. The van der Waals surface area contributed by atoms with Crippen LogP contribution in [0.4, 0.5) is 0 Å². The van der Waals surface area contributed by atoms with Crippen LogP contribution in [0.1, 0.15) is 21.6 Å². The summed E-state index contributed by atoms with van der Waals surface area (Å²) < 4.78 is 1.57. The van der Waals surface area contributed by atoms with Crippen LogP contribution in [-0.2, 0) is 13.6 Å². The highest BCUT2D eigenvalue weighted by molar-refractivity contribution is 5.92. The molecular weight excluding hydrogens is 264 g/mol. The molecule has 0 atom stereocenters. The maximum absolute atomic E-state index is 12.4. The van der Waals surface area contributed by atoms with Crippen LogP contribution in [0, 0.1) is 11.8 Å². The quantitative estimate of drug-likeness (QED) is 0.854. The zero-order chi connectivity index (χ0) is 15.2. The van der Waals surface area contributed by atoms with Crippen molar-refractivity contribution in [1.29, 1.82) is 0 Å². The number of aromatic nitrogens is 2. The number of amides is 1. The Kier molecular flexibility index (Phi) is 4.75. The molecule has 1 heterocycles. The summed E-state index contributed by atoms with van der Waals surface area (Å²) in [5.41, 5.74) is 7.86. The van der Waals surface area contributed by atoms with E-state index >= 15 is 0 Å². The Hall–Kier alpha value is -2.58. The summed E-state index contributed by atoms with van der Waals surface area (Å²) in [5, 5.41) is 4.02. The third-order valence-corrected chi connectivity index (χ3v) is 3.14. The predicted octanol–water partition coefficient (Wildman–Crippen LogP) is 1.00. The Morgan fingerprint density at radius 1 is 1.38 bits per heavy atom. The minimum absolute atomic E-state index is 0.0726. The SMILES string of the molecule is CN(Cc1ccccc1C#CCN)C(=O)c1ccnn1C. The first-order chi connectivity index (χ1) is 10.1. The van der Waals surface area contributed by atoms with Gasteiger partial charge in [0, 0.05) is 32.4 Å². The summed E-state index contributed by atoms with van der Waals surface area (Å²) in [4.78, 5) is 14.0. The number of rotatable bonds is 3. The van der Waals surface area contributed by atoms with Crippen molar-refractivity contribution in [2.75, 3.05) is 13.6 Å². The summed E-state index contributed by atoms with van der Waals surface area (Å²) in [6, 6.07) is 9.46. The van der Waals surface area contributed by atoms with Gasteiger partial charge in [-0.05, 0) is 17.7 Å². The highest BCUT2D eigenvalue weighted by atomic mass is 16.2. The molecule has 1 amide bonds. The molecule has 1 aromatic carbocycles. The first-order valence-corrected chi connectivity index (χ1v) is 6.63. The van der Waals surface area contributed by atoms with Gasteiger partial charge in [-0.1, -0.05) is 30.0 Å². The fourth-order valence-electron chi connectivity index (χ4n) is 2.03. The van der Waals surface area contributed by atoms with Crippen LogP contribution in [0.5, 0.6) is 0 Å². The summed E-state index contributed by atoms with van der Waals surface area (Å²) in [6.45, 7) is 0.803. The highest BCUT2D eigenvalue weighted by Crippen LogP contribution is 2.12. The van der Waals surface area contributed by atoms with Gasteiger partial charge in [0.15, 0.2) is 0 Å². The molecule has 5 nitrogen and oxygen atoms in total. The third kappa shape index (κ3) is 3.50. The largest absolute Gasteiger partial charge is 0.336 e. The zero-order valence-corrected chi connectivity index (χ0v) is 12.2. The lowest BCUT2D eigenvalue weighted by Gasteiger charge is -2.18. The number of benzene rings is 1. The van der Waals surface area contributed by atoms with Crippen LogP contribution in [0.15, 0.2) is 36.5 Å². The first kappa shape index (κ1) is 14.8. The minimum Gasteiger partial charge on any atom is -0.336 e. The van der Waals surface area contributed by atoms with Gasteiger partial charge in [0.1, 0.15) is 5.69 Å². The van der Waals surface area contributed by atoms with Crippen molar-refractivity contribution in [2.45, 2.75) is 6.54 Å². The second-order valence-corrected chi connectivity index (χ2v) is 4.66. The summed E-state index contributed by atoms with van der Waals surface area (Å²) >= 11 is 0. The fourth-order valence-corrected chi connectivity index (χ4v) is 2.03. The number of carbonyl (C=O) groups excluding carboxylic acids is 1. The Labute approximate surface area is 124 Å². The van der Waals surface area contributed by atoms with E-state index in [1.54, 1.807) is 35.9 Å². The molecule has 1 aromatic heterocycles. The molecule has 5 heteroatoms. The van der Waals surface area contributed by atoms with Crippen LogP contribution in [0.2, 0.25) is 0 Å². The smallest absolute Gasteiger partial charge is 0.272 e. The van der Waals surface area contributed by atoms with Crippen LogP contribution >= 0.6 is 0 Å². The Bertz CT molecular complexity index is 694. The number of nitrogens with zero attached hydrogens (tertiary/aromatic N) is 3. The topological polar surface area (TPSA) is 64.2 Å². The molecule has 108 valence electrons. The maximum Gasteiger partial charge on any atom is 0.272 e. The van der Waals surface area contributed by atoms with E-state index in [2.05, 4.69) is 16.9 Å². The number of nitrogens with two attached hydrogens (primary N) is 1. The van der Waals surface area contributed by atoms with E-state index in [-0.39, 0.29) is 5.91 Å². The van der Waals surface area contributed by atoms with Crippen molar-refractivity contribution >= 4 is 5.91 Å². The molecule has 0 saturated heterocycles. The molecule has 0 radical (unpaired) electrons.